The summed E-state index contributed by atoms with van der Waals surface area (Å²) in [5.74, 6) is 1.11. The van der Waals surface area contributed by atoms with E-state index in [9.17, 15) is 4.79 Å². The van der Waals surface area contributed by atoms with Crippen molar-refractivity contribution in [2.24, 2.45) is 5.73 Å². The van der Waals surface area contributed by atoms with Crippen molar-refractivity contribution < 1.29 is 4.79 Å². The molecule has 0 atom stereocenters. The Balaban J connectivity index is 0.00000243. The Kier molecular flexibility index (Phi) is 8.45. The van der Waals surface area contributed by atoms with Crippen LogP contribution in [0.25, 0.3) is 0 Å². The summed E-state index contributed by atoms with van der Waals surface area (Å²) in [5, 5.41) is 0. The first kappa shape index (κ1) is 20.8. The van der Waals surface area contributed by atoms with Crippen molar-refractivity contribution in [1.82, 2.24) is 4.90 Å². The molecule has 0 radical (unpaired) electrons. The third kappa shape index (κ3) is 5.48. The second kappa shape index (κ2) is 10.6. The molecule has 0 aromatic heterocycles. The second-order valence-corrected chi connectivity index (χ2v) is 7.30. The standard InChI is InChI=1S/C20H25N3OS.ClH/c21-11-13-22(12-10-17-6-2-1-3-7-17)16-20(24)23-14-15-25-19-9-5-4-8-18(19)23;/h1-9H,10-16,21H2;1H. The molecule has 140 valence electrons. The van der Waals surface area contributed by atoms with Crippen molar-refractivity contribution >= 4 is 35.8 Å². The Bertz CT molecular complexity index is 698. The summed E-state index contributed by atoms with van der Waals surface area (Å²) in [7, 11) is 0. The zero-order valence-electron chi connectivity index (χ0n) is 14.8. The maximum Gasteiger partial charge on any atom is 0.241 e. The highest BCUT2D eigenvalue weighted by Crippen LogP contribution is 2.34. The van der Waals surface area contributed by atoms with Gasteiger partial charge in [0.25, 0.3) is 0 Å². The lowest BCUT2D eigenvalue weighted by Gasteiger charge is -2.31. The minimum atomic E-state index is 0. The number of benzene rings is 2. The first-order valence-corrected chi connectivity index (χ1v) is 9.75. The number of anilines is 1. The maximum absolute atomic E-state index is 12.9. The van der Waals surface area contributed by atoms with E-state index in [0.717, 1.165) is 37.5 Å². The quantitative estimate of drug-likeness (QED) is 0.788. The predicted molar refractivity (Wildman–Crippen MR) is 112 cm³/mol. The summed E-state index contributed by atoms with van der Waals surface area (Å²) in [6, 6.07) is 18.5. The van der Waals surface area contributed by atoms with Gasteiger partial charge in [0.05, 0.1) is 12.2 Å². The summed E-state index contributed by atoms with van der Waals surface area (Å²) < 4.78 is 0. The average Bonchev–Trinajstić information content (AvgIpc) is 2.66. The highest BCUT2D eigenvalue weighted by atomic mass is 35.5. The normalized spacial score (nSPS) is 13.2. The Morgan fingerprint density at radius 2 is 1.81 bits per heavy atom. The molecule has 0 fully saturated rings. The lowest BCUT2D eigenvalue weighted by molar-refractivity contribution is -0.119. The zero-order chi connectivity index (χ0) is 17.5. The van der Waals surface area contributed by atoms with Crippen LogP contribution in [0.15, 0.2) is 59.5 Å². The van der Waals surface area contributed by atoms with Gasteiger partial charge < -0.3 is 10.6 Å². The largest absolute Gasteiger partial charge is 0.329 e. The number of halogens is 1. The maximum atomic E-state index is 12.9. The predicted octanol–water partition coefficient (Wildman–Crippen LogP) is 3.05. The Morgan fingerprint density at radius 3 is 2.58 bits per heavy atom. The van der Waals surface area contributed by atoms with Crippen LogP contribution >= 0.6 is 24.2 Å². The van der Waals surface area contributed by atoms with E-state index in [-0.39, 0.29) is 18.3 Å². The summed E-state index contributed by atoms with van der Waals surface area (Å²) in [6.07, 6.45) is 0.931. The van der Waals surface area contributed by atoms with Crippen molar-refractivity contribution in [1.29, 1.82) is 0 Å². The molecule has 1 aliphatic rings. The van der Waals surface area contributed by atoms with Crippen LogP contribution < -0.4 is 10.6 Å². The van der Waals surface area contributed by atoms with E-state index >= 15 is 0 Å². The molecular weight excluding hydrogens is 366 g/mol. The molecule has 6 heteroatoms. The average molecular weight is 392 g/mol. The van der Waals surface area contributed by atoms with E-state index in [4.69, 9.17) is 5.73 Å². The topological polar surface area (TPSA) is 49.6 Å². The fraction of sp³-hybridized carbons (Fsp3) is 0.350. The third-order valence-electron chi connectivity index (χ3n) is 4.39. The number of nitrogens with two attached hydrogens (primary N) is 1. The van der Waals surface area contributed by atoms with Gasteiger partial charge in [-0.25, -0.2) is 0 Å². The smallest absolute Gasteiger partial charge is 0.241 e. The molecule has 0 aliphatic carbocycles. The molecule has 2 aromatic rings. The van der Waals surface area contributed by atoms with Gasteiger partial charge in [0.2, 0.25) is 5.91 Å². The number of nitrogens with zero attached hydrogens (tertiary/aromatic N) is 2. The Hall–Kier alpha value is -1.53. The van der Waals surface area contributed by atoms with Gasteiger partial charge in [-0.2, -0.15) is 0 Å². The van der Waals surface area contributed by atoms with Crippen molar-refractivity contribution in [2.75, 3.05) is 43.4 Å². The first-order chi connectivity index (χ1) is 12.3. The van der Waals surface area contributed by atoms with Crippen LogP contribution in [-0.4, -0.2) is 49.3 Å². The second-order valence-electron chi connectivity index (χ2n) is 6.16. The van der Waals surface area contributed by atoms with E-state index < -0.39 is 0 Å². The van der Waals surface area contributed by atoms with Crippen molar-refractivity contribution in [3.8, 4) is 0 Å². The first-order valence-electron chi connectivity index (χ1n) is 8.76. The fourth-order valence-corrected chi connectivity index (χ4v) is 4.08. The molecule has 2 aromatic carbocycles. The number of amides is 1. The molecule has 1 heterocycles. The fourth-order valence-electron chi connectivity index (χ4n) is 3.09. The summed E-state index contributed by atoms with van der Waals surface area (Å²) in [6.45, 7) is 3.34. The van der Waals surface area contributed by atoms with Crippen LogP contribution in [-0.2, 0) is 11.2 Å². The number of hydrogen-bond acceptors (Lipinski definition) is 4. The number of rotatable bonds is 7. The van der Waals surface area contributed by atoms with Crippen molar-refractivity contribution in [3.63, 3.8) is 0 Å². The van der Waals surface area contributed by atoms with E-state index in [1.165, 1.54) is 10.5 Å². The zero-order valence-corrected chi connectivity index (χ0v) is 16.5. The molecule has 0 spiro atoms. The molecule has 2 N–H and O–H groups in total. The monoisotopic (exact) mass is 391 g/mol. The van der Waals surface area contributed by atoms with Crippen LogP contribution in [0.3, 0.4) is 0 Å². The lowest BCUT2D eigenvalue weighted by atomic mass is 10.1. The van der Waals surface area contributed by atoms with Gasteiger partial charge in [-0.3, -0.25) is 9.69 Å². The van der Waals surface area contributed by atoms with Crippen molar-refractivity contribution in [2.45, 2.75) is 11.3 Å². The van der Waals surface area contributed by atoms with Crippen LogP contribution in [0.2, 0.25) is 0 Å². The minimum absolute atomic E-state index is 0. The van der Waals surface area contributed by atoms with Gasteiger partial charge in [-0.15, -0.1) is 24.2 Å². The van der Waals surface area contributed by atoms with E-state index in [0.29, 0.717) is 13.1 Å². The van der Waals surface area contributed by atoms with Crippen LogP contribution in [0.4, 0.5) is 5.69 Å². The number of fused-ring (bicyclic) bond motifs is 1. The van der Waals surface area contributed by atoms with Crippen molar-refractivity contribution in [3.05, 3.63) is 60.2 Å². The van der Waals surface area contributed by atoms with Gasteiger partial charge in [-0.1, -0.05) is 42.5 Å². The van der Waals surface area contributed by atoms with Crippen LogP contribution in [0.5, 0.6) is 0 Å². The summed E-state index contributed by atoms with van der Waals surface area (Å²) in [4.78, 5) is 18.2. The van der Waals surface area contributed by atoms with Gasteiger partial charge in [0.15, 0.2) is 0 Å². The number of thioether (sulfide) groups is 1. The molecule has 3 rings (SSSR count). The van der Waals surface area contributed by atoms with E-state index in [1.54, 1.807) is 0 Å². The Labute approximate surface area is 166 Å². The minimum Gasteiger partial charge on any atom is -0.329 e. The van der Waals surface area contributed by atoms with Gasteiger partial charge >= 0.3 is 0 Å². The molecule has 1 aliphatic heterocycles. The molecule has 4 nitrogen and oxygen atoms in total. The lowest BCUT2D eigenvalue weighted by Crippen LogP contribution is -2.44. The van der Waals surface area contributed by atoms with Gasteiger partial charge in [-0.05, 0) is 24.1 Å². The number of para-hydroxylation sites is 1. The summed E-state index contributed by atoms with van der Waals surface area (Å²) in [5.41, 5.74) is 8.09. The molecular formula is C20H26ClN3OS. The molecule has 0 bridgehead atoms. The number of carbonyl (C=O) groups is 1. The highest BCUT2D eigenvalue weighted by Gasteiger charge is 2.23. The summed E-state index contributed by atoms with van der Waals surface area (Å²) >= 11 is 1.82. The van der Waals surface area contributed by atoms with E-state index in [1.807, 2.05) is 40.9 Å². The van der Waals surface area contributed by atoms with Gasteiger partial charge in [0.1, 0.15) is 0 Å². The van der Waals surface area contributed by atoms with E-state index in [2.05, 4.69) is 35.2 Å². The molecule has 0 saturated heterocycles. The SMILES string of the molecule is Cl.NCCN(CCc1ccccc1)CC(=O)N1CCSc2ccccc21. The van der Waals surface area contributed by atoms with Crippen LogP contribution in [0, 0.1) is 0 Å². The molecule has 1 amide bonds. The third-order valence-corrected chi connectivity index (χ3v) is 5.44. The number of carbonyl (C=O) groups excluding carboxylic acids is 1. The Morgan fingerprint density at radius 1 is 1.08 bits per heavy atom. The van der Waals surface area contributed by atoms with Crippen LogP contribution in [0.1, 0.15) is 5.56 Å². The molecule has 0 saturated carbocycles. The molecule has 26 heavy (non-hydrogen) atoms. The molecule has 0 unspecified atom stereocenters. The highest BCUT2D eigenvalue weighted by molar-refractivity contribution is 7.99. The van der Waals surface area contributed by atoms with Gasteiger partial charge in [0, 0.05) is 36.8 Å². The number of hydrogen-bond donors (Lipinski definition) is 1.